The van der Waals surface area contributed by atoms with Crippen molar-refractivity contribution in [3.05, 3.63) is 28.2 Å². The highest BCUT2D eigenvalue weighted by molar-refractivity contribution is 9.10. The van der Waals surface area contributed by atoms with E-state index < -0.39 is 5.97 Å². The van der Waals surface area contributed by atoms with E-state index >= 15 is 0 Å². The summed E-state index contributed by atoms with van der Waals surface area (Å²) in [4.78, 5) is 12.8. The van der Waals surface area contributed by atoms with Gasteiger partial charge >= 0.3 is 5.97 Å². The van der Waals surface area contributed by atoms with Crippen molar-refractivity contribution in [1.82, 2.24) is 0 Å². The van der Waals surface area contributed by atoms with Crippen molar-refractivity contribution in [2.75, 3.05) is 11.4 Å². The molecule has 0 heterocycles. The van der Waals surface area contributed by atoms with Gasteiger partial charge in [-0.15, -0.1) is 0 Å². The molecule has 0 radical (unpaired) electrons. The molecule has 1 N–H and O–H groups in total. The van der Waals surface area contributed by atoms with Gasteiger partial charge in [-0.05, 0) is 54.4 Å². The average molecular weight is 300 g/mol. The minimum absolute atomic E-state index is 0.151. The lowest BCUT2D eigenvalue weighted by molar-refractivity contribution is -0.136. The minimum atomic E-state index is -0.765. The van der Waals surface area contributed by atoms with Crippen molar-refractivity contribution in [3.8, 4) is 0 Å². The number of hydrogen-bond donors (Lipinski definition) is 1. The van der Waals surface area contributed by atoms with E-state index in [1.807, 2.05) is 25.1 Å². The summed E-state index contributed by atoms with van der Waals surface area (Å²) in [7, 11) is 0. The van der Waals surface area contributed by atoms with Crippen LogP contribution in [0, 0.1) is 6.92 Å². The molecule has 0 bridgehead atoms. The molecule has 0 spiro atoms. The van der Waals surface area contributed by atoms with Gasteiger partial charge in [0, 0.05) is 17.1 Å². The highest BCUT2D eigenvalue weighted by Crippen LogP contribution is 2.28. The molecule has 0 atom stereocenters. The van der Waals surface area contributed by atoms with Gasteiger partial charge in [-0.1, -0.05) is 6.07 Å². The number of nitrogens with zero attached hydrogens (tertiary/aromatic N) is 1. The van der Waals surface area contributed by atoms with Crippen molar-refractivity contribution in [2.45, 2.75) is 33.2 Å². The Morgan fingerprint density at radius 2 is 2.12 bits per heavy atom. The summed E-state index contributed by atoms with van der Waals surface area (Å²) in [6.07, 6.45) is 0.151. The predicted octanol–water partition coefficient (Wildman–Crippen LogP) is 3.45. The van der Waals surface area contributed by atoms with Crippen LogP contribution in [-0.2, 0) is 4.79 Å². The summed E-state index contributed by atoms with van der Waals surface area (Å²) >= 11 is 3.53. The maximum Gasteiger partial charge on any atom is 0.305 e. The number of halogens is 1. The van der Waals surface area contributed by atoms with Gasteiger partial charge in [-0.3, -0.25) is 4.79 Å². The van der Waals surface area contributed by atoms with Crippen molar-refractivity contribution < 1.29 is 9.90 Å². The predicted molar refractivity (Wildman–Crippen MR) is 73.6 cm³/mol. The van der Waals surface area contributed by atoms with Gasteiger partial charge < -0.3 is 10.0 Å². The molecular formula is C13H18BrNO2. The Morgan fingerprint density at radius 3 is 2.59 bits per heavy atom. The largest absolute Gasteiger partial charge is 0.481 e. The topological polar surface area (TPSA) is 40.5 Å². The van der Waals surface area contributed by atoms with Crippen LogP contribution in [0.15, 0.2) is 22.7 Å². The van der Waals surface area contributed by atoms with Gasteiger partial charge in [0.15, 0.2) is 0 Å². The molecule has 1 aromatic rings. The number of carboxylic acid groups (broad SMARTS) is 1. The van der Waals surface area contributed by atoms with E-state index in [1.165, 1.54) is 5.56 Å². The van der Waals surface area contributed by atoms with E-state index in [9.17, 15) is 4.79 Å². The molecular weight excluding hydrogens is 282 g/mol. The van der Waals surface area contributed by atoms with E-state index in [0.29, 0.717) is 6.54 Å². The lowest BCUT2D eigenvalue weighted by Gasteiger charge is -2.29. The third-order valence-corrected chi connectivity index (χ3v) is 3.24. The normalized spacial score (nSPS) is 10.6. The van der Waals surface area contributed by atoms with E-state index in [0.717, 1.165) is 10.2 Å². The molecule has 0 saturated carbocycles. The first-order chi connectivity index (χ1) is 7.91. The number of carboxylic acids is 1. The molecule has 94 valence electrons. The lowest BCUT2D eigenvalue weighted by Crippen LogP contribution is -2.33. The monoisotopic (exact) mass is 299 g/mol. The van der Waals surface area contributed by atoms with Gasteiger partial charge in [-0.25, -0.2) is 0 Å². The fraction of sp³-hybridized carbons (Fsp3) is 0.462. The molecule has 1 rings (SSSR count). The maximum atomic E-state index is 10.7. The number of aryl methyl sites for hydroxylation is 1. The van der Waals surface area contributed by atoms with Gasteiger partial charge in [0.05, 0.1) is 12.1 Å². The minimum Gasteiger partial charge on any atom is -0.481 e. The SMILES string of the molecule is Cc1ccc(N(CCC(=O)O)C(C)C)c(Br)c1. The molecule has 0 unspecified atom stereocenters. The maximum absolute atomic E-state index is 10.7. The standard InChI is InChI=1S/C13H18BrNO2/c1-9(2)15(7-6-13(16)17)12-5-4-10(3)8-11(12)14/h4-5,8-9H,6-7H2,1-3H3,(H,16,17). The molecule has 0 saturated heterocycles. The van der Waals surface area contributed by atoms with Crippen LogP contribution in [0.2, 0.25) is 0 Å². The number of rotatable bonds is 5. The summed E-state index contributed by atoms with van der Waals surface area (Å²) in [5, 5.41) is 8.77. The Kier molecular flexibility index (Phi) is 5.00. The summed E-state index contributed by atoms with van der Waals surface area (Å²) in [5.41, 5.74) is 2.23. The first-order valence-corrected chi connectivity index (χ1v) is 6.45. The number of aliphatic carboxylic acids is 1. The zero-order valence-corrected chi connectivity index (χ0v) is 12.0. The van der Waals surface area contributed by atoms with E-state index in [2.05, 4.69) is 34.7 Å². The molecule has 0 fully saturated rings. The zero-order valence-electron chi connectivity index (χ0n) is 10.4. The highest BCUT2D eigenvalue weighted by Gasteiger charge is 2.14. The summed E-state index contributed by atoms with van der Waals surface area (Å²) in [6.45, 7) is 6.68. The van der Waals surface area contributed by atoms with E-state index in [-0.39, 0.29) is 12.5 Å². The molecule has 0 aromatic heterocycles. The zero-order chi connectivity index (χ0) is 13.0. The third-order valence-electron chi connectivity index (χ3n) is 2.60. The number of benzene rings is 1. The van der Waals surface area contributed by atoms with Crippen LogP contribution < -0.4 is 4.90 Å². The summed E-state index contributed by atoms with van der Waals surface area (Å²) < 4.78 is 1.01. The van der Waals surface area contributed by atoms with Crippen LogP contribution in [0.5, 0.6) is 0 Å². The molecule has 4 heteroatoms. The third kappa shape index (κ3) is 4.04. The Bertz CT molecular complexity index is 404. The highest BCUT2D eigenvalue weighted by atomic mass is 79.9. The number of hydrogen-bond acceptors (Lipinski definition) is 2. The Labute approximate surface area is 111 Å². The summed E-state index contributed by atoms with van der Waals surface area (Å²) in [5.74, 6) is -0.765. The molecule has 0 aliphatic heterocycles. The molecule has 0 aliphatic rings. The van der Waals surface area contributed by atoms with Crippen molar-refractivity contribution >= 4 is 27.6 Å². The Morgan fingerprint density at radius 1 is 1.47 bits per heavy atom. The second-order valence-corrected chi connectivity index (χ2v) is 5.24. The van der Waals surface area contributed by atoms with Gasteiger partial charge in [0.2, 0.25) is 0 Å². The van der Waals surface area contributed by atoms with Crippen molar-refractivity contribution in [1.29, 1.82) is 0 Å². The number of anilines is 1. The molecule has 0 aliphatic carbocycles. The second kappa shape index (κ2) is 6.05. The van der Waals surface area contributed by atoms with Crippen LogP contribution in [-0.4, -0.2) is 23.7 Å². The molecule has 1 aromatic carbocycles. The fourth-order valence-corrected chi connectivity index (χ4v) is 2.44. The average Bonchev–Trinajstić information content (AvgIpc) is 2.20. The van der Waals surface area contributed by atoms with Gasteiger partial charge in [-0.2, -0.15) is 0 Å². The van der Waals surface area contributed by atoms with Crippen molar-refractivity contribution in [2.24, 2.45) is 0 Å². The molecule has 17 heavy (non-hydrogen) atoms. The van der Waals surface area contributed by atoms with Crippen LogP contribution in [0.4, 0.5) is 5.69 Å². The van der Waals surface area contributed by atoms with Crippen molar-refractivity contribution in [3.63, 3.8) is 0 Å². The Hall–Kier alpha value is -1.03. The lowest BCUT2D eigenvalue weighted by atomic mass is 10.2. The number of carbonyl (C=O) groups is 1. The van der Waals surface area contributed by atoms with Crippen LogP contribution in [0.3, 0.4) is 0 Å². The van der Waals surface area contributed by atoms with Crippen LogP contribution >= 0.6 is 15.9 Å². The van der Waals surface area contributed by atoms with E-state index in [1.54, 1.807) is 0 Å². The quantitative estimate of drug-likeness (QED) is 0.905. The Balaban J connectivity index is 2.93. The van der Waals surface area contributed by atoms with Crippen LogP contribution in [0.25, 0.3) is 0 Å². The van der Waals surface area contributed by atoms with Crippen LogP contribution in [0.1, 0.15) is 25.8 Å². The fourth-order valence-electron chi connectivity index (χ4n) is 1.72. The summed E-state index contributed by atoms with van der Waals surface area (Å²) in [6, 6.07) is 6.39. The molecule has 0 amide bonds. The van der Waals surface area contributed by atoms with Gasteiger partial charge in [0.25, 0.3) is 0 Å². The first-order valence-electron chi connectivity index (χ1n) is 5.66. The molecule has 3 nitrogen and oxygen atoms in total. The smallest absolute Gasteiger partial charge is 0.305 e. The van der Waals surface area contributed by atoms with E-state index in [4.69, 9.17) is 5.11 Å². The first kappa shape index (κ1) is 14.0. The van der Waals surface area contributed by atoms with Gasteiger partial charge in [0.1, 0.15) is 0 Å². The second-order valence-electron chi connectivity index (χ2n) is 4.39.